The summed E-state index contributed by atoms with van der Waals surface area (Å²) in [4.78, 5) is 26.5. The molecule has 0 unspecified atom stereocenters. The first-order chi connectivity index (χ1) is 9.97. The Morgan fingerprint density at radius 1 is 1.19 bits per heavy atom. The largest absolute Gasteiger partial charge is 0.507 e. The van der Waals surface area contributed by atoms with Crippen molar-refractivity contribution in [3.63, 3.8) is 0 Å². The van der Waals surface area contributed by atoms with E-state index in [1.807, 2.05) is 4.90 Å². The highest BCUT2D eigenvalue weighted by molar-refractivity contribution is 6.31. The van der Waals surface area contributed by atoms with E-state index in [0.29, 0.717) is 37.7 Å². The van der Waals surface area contributed by atoms with Crippen LogP contribution in [0.2, 0.25) is 5.02 Å². The normalized spacial score (nSPS) is 16.0. The first-order valence-corrected chi connectivity index (χ1v) is 7.07. The van der Waals surface area contributed by atoms with Crippen LogP contribution in [0.1, 0.15) is 16.8 Å². The number of phenols is 1. The minimum absolute atomic E-state index is 0.0855. The molecule has 1 amide bonds. The number of aromatic hydroxyl groups is 1. The summed E-state index contributed by atoms with van der Waals surface area (Å²) in [5, 5.41) is 18.8. The van der Waals surface area contributed by atoms with E-state index in [2.05, 4.69) is 0 Å². The van der Waals surface area contributed by atoms with Crippen molar-refractivity contribution in [2.75, 3.05) is 32.7 Å². The van der Waals surface area contributed by atoms with Gasteiger partial charge in [-0.25, -0.2) is 0 Å². The number of phenolic OH excluding ortho intramolecular Hbond substituents is 1. The lowest BCUT2D eigenvalue weighted by molar-refractivity contribution is -0.137. The van der Waals surface area contributed by atoms with Gasteiger partial charge in [-0.1, -0.05) is 11.6 Å². The van der Waals surface area contributed by atoms with Gasteiger partial charge in [0.15, 0.2) is 0 Å². The van der Waals surface area contributed by atoms with E-state index in [9.17, 15) is 14.7 Å². The number of hydrogen-bond acceptors (Lipinski definition) is 4. The number of carboxylic acids is 1. The van der Waals surface area contributed by atoms with Gasteiger partial charge in [-0.05, 0) is 18.2 Å². The summed E-state index contributed by atoms with van der Waals surface area (Å²) in [6, 6.07) is 4.38. The second-order valence-corrected chi connectivity index (χ2v) is 5.38. The molecule has 0 saturated carbocycles. The van der Waals surface area contributed by atoms with Crippen molar-refractivity contribution in [3.05, 3.63) is 28.8 Å². The van der Waals surface area contributed by atoms with Crippen LogP contribution in [0.5, 0.6) is 5.75 Å². The molecule has 2 rings (SSSR count). The fourth-order valence-corrected chi connectivity index (χ4v) is 2.45. The topological polar surface area (TPSA) is 81.1 Å². The Labute approximate surface area is 127 Å². The number of nitrogens with zero attached hydrogens (tertiary/aromatic N) is 2. The van der Waals surface area contributed by atoms with Gasteiger partial charge in [0.2, 0.25) is 0 Å². The zero-order valence-electron chi connectivity index (χ0n) is 11.5. The number of carbonyl (C=O) groups is 2. The maximum absolute atomic E-state index is 12.3. The van der Waals surface area contributed by atoms with Gasteiger partial charge in [0.25, 0.3) is 5.91 Å². The summed E-state index contributed by atoms with van der Waals surface area (Å²) in [7, 11) is 0. The number of amides is 1. The summed E-state index contributed by atoms with van der Waals surface area (Å²) in [6.07, 6.45) is 0.100. The van der Waals surface area contributed by atoms with Gasteiger partial charge in [0.05, 0.1) is 12.0 Å². The number of carboxylic acid groups (broad SMARTS) is 1. The van der Waals surface area contributed by atoms with Crippen LogP contribution < -0.4 is 0 Å². The lowest BCUT2D eigenvalue weighted by Gasteiger charge is -2.34. The smallest absolute Gasteiger partial charge is 0.304 e. The van der Waals surface area contributed by atoms with E-state index in [4.69, 9.17) is 16.7 Å². The predicted octanol–water partition coefficient (Wildman–Crippen LogP) is 1.28. The molecule has 1 fully saturated rings. The molecule has 1 saturated heterocycles. The highest BCUT2D eigenvalue weighted by atomic mass is 35.5. The summed E-state index contributed by atoms with van der Waals surface area (Å²) in [5.74, 6) is -1.16. The third kappa shape index (κ3) is 4.09. The quantitative estimate of drug-likeness (QED) is 0.875. The summed E-state index contributed by atoms with van der Waals surface area (Å²) >= 11 is 5.85. The van der Waals surface area contributed by atoms with Gasteiger partial charge in [-0.15, -0.1) is 0 Å². The standard InChI is InChI=1S/C14H17ClN2O4/c15-10-1-2-12(18)11(9-10)14(21)17-7-5-16(6-8-17)4-3-13(19)20/h1-2,9,18H,3-8H2,(H,19,20). The van der Waals surface area contributed by atoms with Crippen molar-refractivity contribution in [3.8, 4) is 5.75 Å². The maximum Gasteiger partial charge on any atom is 0.304 e. The van der Waals surface area contributed by atoms with Crippen LogP contribution in [-0.2, 0) is 4.79 Å². The van der Waals surface area contributed by atoms with Crippen LogP contribution in [0, 0.1) is 0 Å². The fraction of sp³-hybridized carbons (Fsp3) is 0.429. The number of rotatable bonds is 4. The third-order valence-electron chi connectivity index (χ3n) is 3.49. The predicted molar refractivity (Wildman–Crippen MR) is 77.7 cm³/mol. The average molecular weight is 313 g/mol. The summed E-state index contributed by atoms with van der Waals surface area (Å²) in [5.41, 5.74) is 0.196. The highest BCUT2D eigenvalue weighted by Gasteiger charge is 2.24. The molecule has 2 N–H and O–H groups in total. The monoisotopic (exact) mass is 312 g/mol. The van der Waals surface area contributed by atoms with E-state index < -0.39 is 5.97 Å². The van der Waals surface area contributed by atoms with Gasteiger partial charge in [-0.2, -0.15) is 0 Å². The summed E-state index contributed by atoms with van der Waals surface area (Å²) in [6.45, 7) is 2.75. The van der Waals surface area contributed by atoms with E-state index in [0.717, 1.165) is 0 Å². The van der Waals surface area contributed by atoms with Gasteiger partial charge in [0.1, 0.15) is 5.75 Å². The minimum atomic E-state index is -0.822. The van der Waals surface area contributed by atoms with Crippen molar-refractivity contribution < 1.29 is 19.8 Å². The van der Waals surface area contributed by atoms with Crippen LogP contribution in [0.25, 0.3) is 0 Å². The van der Waals surface area contributed by atoms with Crippen molar-refractivity contribution >= 4 is 23.5 Å². The van der Waals surface area contributed by atoms with Gasteiger partial charge < -0.3 is 15.1 Å². The van der Waals surface area contributed by atoms with Crippen molar-refractivity contribution in [1.29, 1.82) is 0 Å². The van der Waals surface area contributed by atoms with E-state index >= 15 is 0 Å². The highest BCUT2D eigenvalue weighted by Crippen LogP contribution is 2.23. The third-order valence-corrected chi connectivity index (χ3v) is 3.73. The molecular formula is C14H17ClN2O4. The van der Waals surface area contributed by atoms with E-state index in [1.165, 1.54) is 18.2 Å². The molecule has 0 aliphatic carbocycles. The number of hydrogen-bond donors (Lipinski definition) is 2. The molecule has 6 nitrogen and oxygen atoms in total. The Morgan fingerprint density at radius 3 is 2.48 bits per heavy atom. The number of piperazine rings is 1. The first-order valence-electron chi connectivity index (χ1n) is 6.69. The van der Waals surface area contributed by atoms with Crippen LogP contribution in [0.3, 0.4) is 0 Å². The van der Waals surface area contributed by atoms with Crippen LogP contribution in [-0.4, -0.2) is 64.6 Å². The molecule has 1 aromatic carbocycles. The second-order valence-electron chi connectivity index (χ2n) is 4.94. The number of aliphatic carboxylic acids is 1. The number of benzene rings is 1. The zero-order valence-corrected chi connectivity index (χ0v) is 12.2. The van der Waals surface area contributed by atoms with Crippen LogP contribution in [0.4, 0.5) is 0 Å². The Bertz CT molecular complexity index is 542. The number of carbonyl (C=O) groups excluding carboxylic acids is 1. The molecule has 0 spiro atoms. The number of halogens is 1. The minimum Gasteiger partial charge on any atom is -0.507 e. The molecule has 1 aromatic rings. The Balaban J connectivity index is 1.94. The maximum atomic E-state index is 12.3. The average Bonchev–Trinajstić information content (AvgIpc) is 2.47. The molecular weight excluding hydrogens is 296 g/mol. The van der Waals surface area contributed by atoms with E-state index in [-0.39, 0.29) is 23.6 Å². The Hall–Kier alpha value is -1.79. The Kier molecular flexibility index (Phi) is 5.03. The molecule has 0 atom stereocenters. The summed E-state index contributed by atoms with van der Waals surface area (Å²) < 4.78 is 0. The molecule has 0 bridgehead atoms. The lowest BCUT2D eigenvalue weighted by Crippen LogP contribution is -2.49. The molecule has 0 radical (unpaired) electrons. The van der Waals surface area contributed by atoms with Gasteiger partial charge >= 0.3 is 5.97 Å². The lowest BCUT2D eigenvalue weighted by atomic mass is 10.1. The van der Waals surface area contributed by atoms with Crippen molar-refractivity contribution in [2.45, 2.75) is 6.42 Å². The Morgan fingerprint density at radius 2 is 1.86 bits per heavy atom. The van der Waals surface area contributed by atoms with Crippen molar-refractivity contribution in [2.24, 2.45) is 0 Å². The zero-order chi connectivity index (χ0) is 15.4. The molecule has 1 aliphatic rings. The van der Waals surface area contributed by atoms with E-state index in [1.54, 1.807) is 4.90 Å². The fourth-order valence-electron chi connectivity index (χ4n) is 2.28. The molecule has 1 aliphatic heterocycles. The SMILES string of the molecule is O=C(O)CCN1CCN(C(=O)c2cc(Cl)ccc2O)CC1. The van der Waals surface area contributed by atoms with Gasteiger partial charge in [0, 0.05) is 37.7 Å². The molecule has 7 heteroatoms. The molecule has 21 heavy (non-hydrogen) atoms. The molecule has 114 valence electrons. The molecule has 1 heterocycles. The second kappa shape index (κ2) is 6.78. The van der Waals surface area contributed by atoms with Crippen LogP contribution in [0.15, 0.2) is 18.2 Å². The van der Waals surface area contributed by atoms with Gasteiger partial charge in [-0.3, -0.25) is 14.5 Å². The first kappa shape index (κ1) is 15.6. The van der Waals surface area contributed by atoms with Crippen LogP contribution >= 0.6 is 11.6 Å². The van der Waals surface area contributed by atoms with Crippen molar-refractivity contribution in [1.82, 2.24) is 9.80 Å². The molecule has 0 aromatic heterocycles.